The molecule has 2 N–H and O–H groups in total. The minimum atomic E-state index is -1.22. The van der Waals surface area contributed by atoms with E-state index in [-0.39, 0.29) is 23.3 Å². The maximum atomic E-state index is 14.2. The van der Waals surface area contributed by atoms with Crippen molar-refractivity contribution in [1.29, 1.82) is 0 Å². The second kappa shape index (κ2) is 8.10. The summed E-state index contributed by atoms with van der Waals surface area (Å²) in [5.41, 5.74) is 1.77. The van der Waals surface area contributed by atoms with Gasteiger partial charge in [0.1, 0.15) is 23.5 Å². The summed E-state index contributed by atoms with van der Waals surface area (Å²) in [7, 11) is 0. The lowest BCUT2D eigenvalue weighted by atomic mass is 9.92. The predicted molar refractivity (Wildman–Crippen MR) is 100.0 cm³/mol. The van der Waals surface area contributed by atoms with Crippen LogP contribution in [-0.2, 0) is 6.42 Å². The van der Waals surface area contributed by atoms with Crippen LogP contribution in [0.1, 0.15) is 28.4 Å². The molecule has 0 saturated carbocycles. The lowest BCUT2D eigenvalue weighted by Gasteiger charge is -2.18. The molecule has 0 bridgehead atoms. The summed E-state index contributed by atoms with van der Waals surface area (Å²) in [6, 6.07) is 13.6. The third kappa shape index (κ3) is 4.38. The number of benzene rings is 2. The van der Waals surface area contributed by atoms with Gasteiger partial charge in [-0.15, -0.1) is 0 Å². The second-order valence-electron chi connectivity index (χ2n) is 6.35. The van der Waals surface area contributed by atoms with Crippen LogP contribution in [0.5, 0.6) is 0 Å². The monoisotopic (exact) mass is 367 g/mol. The van der Waals surface area contributed by atoms with Crippen molar-refractivity contribution in [2.75, 3.05) is 0 Å². The van der Waals surface area contributed by atoms with Crippen LogP contribution in [0.25, 0.3) is 5.76 Å². The standard InChI is InChI=1S/C22H19F2NO2/c1-14-9-17(11-18(23)10-14)22(27)19(12-15-5-2-3-7-20(15)24)21(26)16-6-4-8-25-13-16/h2-11,13,21,26-27H,12H2,1H3/b22-19+. The summed E-state index contributed by atoms with van der Waals surface area (Å²) >= 11 is 0. The molecule has 1 atom stereocenters. The number of aromatic nitrogens is 1. The molecule has 5 heteroatoms. The molecule has 138 valence electrons. The fraction of sp³-hybridized carbons (Fsp3) is 0.136. The lowest BCUT2D eigenvalue weighted by molar-refractivity contribution is 0.209. The summed E-state index contributed by atoms with van der Waals surface area (Å²) in [6.07, 6.45) is 1.77. The van der Waals surface area contributed by atoms with Crippen molar-refractivity contribution in [3.05, 3.63) is 106 Å². The Morgan fingerprint density at radius 2 is 1.85 bits per heavy atom. The molecule has 1 aromatic heterocycles. The third-order valence-electron chi connectivity index (χ3n) is 4.29. The fourth-order valence-corrected chi connectivity index (χ4v) is 2.95. The summed E-state index contributed by atoms with van der Waals surface area (Å²) in [4.78, 5) is 3.97. The van der Waals surface area contributed by atoms with Gasteiger partial charge in [-0.3, -0.25) is 4.98 Å². The topological polar surface area (TPSA) is 53.4 Å². The highest BCUT2D eigenvalue weighted by molar-refractivity contribution is 5.64. The molecule has 1 heterocycles. The highest BCUT2D eigenvalue weighted by atomic mass is 19.1. The zero-order chi connectivity index (χ0) is 19.4. The molecule has 0 aliphatic rings. The van der Waals surface area contributed by atoms with E-state index in [0.29, 0.717) is 16.7 Å². The third-order valence-corrected chi connectivity index (χ3v) is 4.29. The molecule has 1 unspecified atom stereocenters. The number of hydrogen-bond acceptors (Lipinski definition) is 3. The number of aliphatic hydroxyl groups excluding tert-OH is 2. The average Bonchev–Trinajstić information content (AvgIpc) is 2.66. The second-order valence-corrected chi connectivity index (χ2v) is 6.35. The highest BCUT2D eigenvalue weighted by Gasteiger charge is 2.21. The maximum Gasteiger partial charge on any atom is 0.126 e. The highest BCUT2D eigenvalue weighted by Crippen LogP contribution is 2.31. The van der Waals surface area contributed by atoms with Crippen LogP contribution >= 0.6 is 0 Å². The van der Waals surface area contributed by atoms with Gasteiger partial charge in [-0.1, -0.05) is 24.3 Å². The Kier molecular flexibility index (Phi) is 5.62. The number of nitrogens with zero attached hydrogens (tertiary/aromatic N) is 1. The van der Waals surface area contributed by atoms with Crippen molar-refractivity contribution in [2.24, 2.45) is 0 Å². The minimum Gasteiger partial charge on any atom is -0.507 e. The van der Waals surface area contributed by atoms with E-state index >= 15 is 0 Å². The van der Waals surface area contributed by atoms with Gasteiger partial charge in [0.15, 0.2) is 0 Å². The lowest BCUT2D eigenvalue weighted by Crippen LogP contribution is -2.09. The van der Waals surface area contributed by atoms with Gasteiger partial charge in [0.25, 0.3) is 0 Å². The van der Waals surface area contributed by atoms with Crippen molar-refractivity contribution in [2.45, 2.75) is 19.4 Å². The number of hydrogen-bond donors (Lipinski definition) is 2. The number of rotatable bonds is 5. The summed E-state index contributed by atoms with van der Waals surface area (Å²) < 4.78 is 28.0. The molecule has 27 heavy (non-hydrogen) atoms. The summed E-state index contributed by atoms with van der Waals surface area (Å²) in [6.45, 7) is 1.70. The Hall–Kier alpha value is -3.05. The van der Waals surface area contributed by atoms with Crippen LogP contribution in [-0.4, -0.2) is 15.2 Å². The maximum absolute atomic E-state index is 14.2. The van der Waals surface area contributed by atoms with Gasteiger partial charge < -0.3 is 10.2 Å². The molecule has 3 rings (SSSR count). The van der Waals surface area contributed by atoms with Crippen LogP contribution in [0.3, 0.4) is 0 Å². The first-order valence-electron chi connectivity index (χ1n) is 8.46. The van der Waals surface area contributed by atoms with Crippen molar-refractivity contribution in [3.8, 4) is 0 Å². The van der Waals surface area contributed by atoms with Gasteiger partial charge in [0, 0.05) is 35.5 Å². The van der Waals surface area contributed by atoms with Crippen LogP contribution < -0.4 is 0 Å². The van der Waals surface area contributed by atoms with Gasteiger partial charge >= 0.3 is 0 Å². The van der Waals surface area contributed by atoms with Gasteiger partial charge in [-0.25, -0.2) is 8.78 Å². The number of aliphatic hydroxyl groups is 2. The molecule has 0 saturated heterocycles. The van der Waals surface area contributed by atoms with Crippen LogP contribution in [0.15, 0.2) is 72.6 Å². The Labute approximate surface area is 156 Å². The zero-order valence-electron chi connectivity index (χ0n) is 14.7. The van der Waals surface area contributed by atoms with E-state index in [1.54, 1.807) is 49.5 Å². The number of pyridine rings is 1. The van der Waals surface area contributed by atoms with E-state index in [0.717, 1.165) is 0 Å². The normalized spacial score (nSPS) is 13.2. The Balaban J connectivity index is 2.12. The summed E-state index contributed by atoms with van der Waals surface area (Å²) in [5.74, 6) is -1.23. The molecule has 0 aliphatic carbocycles. The van der Waals surface area contributed by atoms with Gasteiger partial charge in [0.2, 0.25) is 0 Å². The van der Waals surface area contributed by atoms with E-state index in [1.165, 1.54) is 24.4 Å². The molecular formula is C22H19F2NO2. The number of halogens is 2. The summed E-state index contributed by atoms with van der Waals surface area (Å²) in [5, 5.41) is 21.7. The first-order chi connectivity index (χ1) is 13.0. The molecule has 0 spiro atoms. The van der Waals surface area contributed by atoms with Crippen LogP contribution in [0.2, 0.25) is 0 Å². The molecular weight excluding hydrogens is 348 g/mol. The molecule has 3 aromatic rings. The van der Waals surface area contributed by atoms with E-state index in [1.807, 2.05) is 0 Å². The zero-order valence-corrected chi connectivity index (χ0v) is 14.7. The van der Waals surface area contributed by atoms with Gasteiger partial charge in [-0.2, -0.15) is 0 Å². The van der Waals surface area contributed by atoms with Gasteiger partial charge in [0.05, 0.1) is 0 Å². The van der Waals surface area contributed by atoms with Crippen molar-refractivity contribution < 1.29 is 19.0 Å². The van der Waals surface area contributed by atoms with Crippen molar-refractivity contribution in [1.82, 2.24) is 4.98 Å². The molecule has 2 aromatic carbocycles. The number of aryl methyl sites for hydroxylation is 1. The average molecular weight is 367 g/mol. The minimum absolute atomic E-state index is 0.0376. The molecule has 0 aliphatic heterocycles. The van der Waals surface area contributed by atoms with E-state index in [9.17, 15) is 19.0 Å². The first kappa shape index (κ1) is 18.7. The van der Waals surface area contributed by atoms with E-state index < -0.39 is 17.7 Å². The van der Waals surface area contributed by atoms with Crippen LogP contribution in [0, 0.1) is 18.6 Å². The molecule has 3 nitrogen and oxygen atoms in total. The van der Waals surface area contributed by atoms with Crippen molar-refractivity contribution >= 4 is 5.76 Å². The molecule has 0 fully saturated rings. The Bertz CT molecular complexity index is 951. The van der Waals surface area contributed by atoms with E-state index in [2.05, 4.69) is 4.98 Å². The fourth-order valence-electron chi connectivity index (χ4n) is 2.95. The van der Waals surface area contributed by atoms with Crippen LogP contribution in [0.4, 0.5) is 8.78 Å². The predicted octanol–water partition coefficient (Wildman–Crippen LogP) is 4.91. The first-order valence-corrected chi connectivity index (χ1v) is 8.46. The smallest absolute Gasteiger partial charge is 0.126 e. The quantitative estimate of drug-likeness (QED) is 0.630. The van der Waals surface area contributed by atoms with E-state index in [4.69, 9.17) is 0 Å². The van der Waals surface area contributed by atoms with Crippen molar-refractivity contribution in [3.63, 3.8) is 0 Å². The Morgan fingerprint density at radius 3 is 2.52 bits per heavy atom. The van der Waals surface area contributed by atoms with Gasteiger partial charge in [-0.05, 0) is 48.4 Å². The SMILES string of the molecule is Cc1cc(F)cc(/C(O)=C(/Cc2ccccc2F)C(O)c2cccnc2)c1. The Morgan fingerprint density at radius 1 is 1.07 bits per heavy atom. The molecule has 0 amide bonds. The molecule has 0 radical (unpaired) electrons. The largest absolute Gasteiger partial charge is 0.507 e.